The number of hydrogen-bond donors (Lipinski definition) is 2. The molecule has 17 heavy (non-hydrogen) atoms. The summed E-state index contributed by atoms with van der Waals surface area (Å²) in [4.78, 5) is 12.9. The summed E-state index contributed by atoms with van der Waals surface area (Å²) >= 11 is 0. The maximum absolute atomic E-state index is 12.4. The number of amides is 1. The van der Waals surface area contributed by atoms with Gasteiger partial charge < -0.3 is 15.3 Å². The third-order valence-corrected chi connectivity index (χ3v) is 3.39. The highest BCUT2D eigenvalue weighted by Gasteiger charge is 2.62. The normalized spacial score (nSPS) is 28.7. The molecule has 2 saturated heterocycles. The maximum Gasteiger partial charge on any atom is 0.420 e. The summed E-state index contributed by atoms with van der Waals surface area (Å²) in [7, 11) is 0. The van der Waals surface area contributed by atoms with Crippen LogP contribution in [0.5, 0.6) is 0 Å². The highest BCUT2D eigenvalue weighted by Crippen LogP contribution is 2.38. The quantitative estimate of drug-likeness (QED) is 0.697. The van der Waals surface area contributed by atoms with Crippen molar-refractivity contribution in [3.63, 3.8) is 0 Å². The second-order valence-corrected chi connectivity index (χ2v) is 4.77. The van der Waals surface area contributed by atoms with E-state index in [0.29, 0.717) is 13.0 Å². The lowest BCUT2D eigenvalue weighted by Gasteiger charge is -2.48. The number of halogens is 3. The maximum atomic E-state index is 12.4. The fourth-order valence-corrected chi connectivity index (χ4v) is 2.24. The molecule has 98 valence electrons. The summed E-state index contributed by atoms with van der Waals surface area (Å²) in [5.41, 5.74) is -2.70. The van der Waals surface area contributed by atoms with Crippen LogP contribution in [0.3, 0.4) is 0 Å². The molecule has 0 spiro atoms. The van der Waals surface area contributed by atoms with Crippen LogP contribution in [0, 0.1) is 5.92 Å². The lowest BCUT2D eigenvalue weighted by atomic mass is 9.89. The highest BCUT2D eigenvalue weighted by atomic mass is 19.4. The number of aliphatic hydroxyl groups is 1. The minimum atomic E-state index is -4.66. The van der Waals surface area contributed by atoms with Crippen LogP contribution >= 0.6 is 0 Å². The second-order valence-electron chi connectivity index (χ2n) is 4.77. The molecule has 2 aliphatic heterocycles. The Labute approximate surface area is 96.8 Å². The Morgan fingerprint density at radius 1 is 1.41 bits per heavy atom. The van der Waals surface area contributed by atoms with Crippen molar-refractivity contribution >= 4 is 5.91 Å². The molecule has 0 saturated carbocycles. The summed E-state index contributed by atoms with van der Waals surface area (Å²) in [6.45, 7) is 0.0910. The minimum Gasteiger partial charge on any atom is -0.378 e. The molecule has 2 aliphatic rings. The van der Waals surface area contributed by atoms with E-state index in [9.17, 15) is 23.1 Å². The molecule has 0 aromatic heterocycles. The predicted molar refractivity (Wildman–Crippen MR) is 53.2 cm³/mol. The Kier molecular flexibility index (Phi) is 3.07. The number of hydrogen-bond acceptors (Lipinski definition) is 3. The number of likely N-dealkylation sites (tertiary alicyclic amines) is 1. The van der Waals surface area contributed by atoms with Gasteiger partial charge in [-0.2, -0.15) is 13.2 Å². The van der Waals surface area contributed by atoms with Crippen LogP contribution < -0.4 is 5.32 Å². The Bertz CT molecular complexity index is 307. The molecule has 2 N–H and O–H groups in total. The summed E-state index contributed by atoms with van der Waals surface area (Å²) in [6.07, 6.45) is -3.10. The van der Waals surface area contributed by atoms with Crippen molar-refractivity contribution in [2.45, 2.75) is 24.6 Å². The van der Waals surface area contributed by atoms with Crippen molar-refractivity contribution in [1.82, 2.24) is 10.2 Å². The van der Waals surface area contributed by atoms with Gasteiger partial charge in [-0.3, -0.25) is 4.79 Å². The van der Waals surface area contributed by atoms with Crippen LogP contribution in [-0.2, 0) is 4.79 Å². The van der Waals surface area contributed by atoms with E-state index in [4.69, 9.17) is 0 Å². The lowest BCUT2D eigenvalue weighted by Crippen LogP contribution is -2.71. The second kappa shape index (κ2) is 4.13. The van der Waals surface area contributed by atoms with E-state index >= 15 is 0 Å². The molecule has 1 amide bonds. The SMILES string of the molecule is O=C([C@@H]1CCCNC1)N1CC(O)(C(F)(F)F)C1. The number of rotatable bonds is 1. The monoisotopic (exact) mass is 252 g/mol. The first kappa shape index (κ1) is 12.6. The first-order valence-electron chi connectivity index (χ1n) is 5.62. The van der Waals surface area contributed by atoms with E-state index in [-0.39, 0.29) is 11.8 Å². The molecule has 0 bridgehead atoms. The Morgan fingerprint density at radius 3 is 2.53 bits per heavy atom. The van der Waals surface area contributed by atoms with Gasteiger partial charge in [-0.05, 0) is 19.4 Å². The largest absolute Gasteiger partial charge is 0.420 e. The lowest BCUT2D eigenvalue weighted by molar-refractivity contribution is -0.298. The average Bonchev–Trinajstić information content (AvgIpc) is 2.23. The van der Waals surface area contributed by atoms with Crippen molar-refractivity contribution < 1.29 is 23.1 Å². The zero-order valence-corrected chi connectivity index (χ0v) is 9.26. The molecular weight excluding hydrogens is 237 g/mol. The van der Waals surface area contributed by atoms with Gasteiger partial charge in [0.25, 0.3) is 0 Å². The third kappa shape index (κ3) is 2.26. The smallest absolute Gasteiger partial charge is 0.378 e. The fraction of sp³-hybridized carbons (Fsp3) is 0.900. The predicted octanol–water partition coefficient (Wildman–Crippen LogP) is 0.122. The van der Waals surface area contributed by atoms with Crippen molar-refractivity contribution in [3.05, 3.63) is 0 Å². The standard InChI is InChI=1S/C10H15F3N2O2/c11-10(12,13)9(17)5-15(6-9)8(16)7-2-1-3-14-4-7/h7,14,17H,1-6H2/t7-/m1/s1. The zero-order valence-electron chi connectivity index (χ0n) is 9.26. The van der Waals surface area contributed by atoms with Crippen LogP contribution in [-0.4, -0.2) is 53.9 Å². The number of β-amino-alcohol motifs (C(OH)–C–C–N with tert-alkyl or cyclic N) is 1. The van der Waals surface area contributed by atoms with Crippen molar-refractivity contribution in [1.29, 1.82) is 0 Å². The van der Waals surface area contributed by atoms with Crippen LogP contribution in [0.15, 0.2) is 0 Å². The summed E-state index contributed by atoms with van der Waals surface area (Å²) in [5.74, 6) is -0.535. The molecule has 2 rings (SSSR count). The van der Waals surface area contributed by atoms with Crippen LogP contribution in [0.1, 0.15) is 12.8 Å². The molecule has 2 fully saturated rings. The van der Waals surface area contributed by atoms with Crippen LogP contribution in [0.25, 0.3) is 0 Å². The molecule has 2 heterocycles. The van der Waals surface area contributed by atoms with Gasteiger partial charge in [0.05, 0.1) is 19.0 Å². The van der Waals surface area contributed by atoms with E-state index in [1.165, 1.54) is 0 Å². The number of alkyl halides is 3. The molecule has 7 heteroatoms. The Balaban J connectivity index is 1.89. The highest BCUT2D eigenvalue weighted by molar-refractivity contribution is 5.80. The summed E-state index contributed by atoms with van der Waals surface area (Å²) < 4.78 is 37.1. The third-order valence-electron chi connectivity index (χ3n) is 3.39. The average molecular weight is 252 g/mol. The Hall–Kier alpha value is -0.820. The molecule has 0 aromatic rings. The zero-order chi connectivity index (χ0) is 12.7. The van der Waals surface area contributed by atoms with Gasteiger partial charge in [0.1, 0.15) is 0 Å². The van der Waals surface area contributed by atoms with Gasteiger partial charge in [-0.15, -0.1) is 0 Å². The number of nitrogens with one attached hydrogen (secondary N) is 1. The molecule has 0 unspecified atom stereocenters. The summed E-state index contributed by atoms with van der Waals surface area (Å²) in [5, 5.41) is 12.3. The van der Waals surface area contributed by atoms with Crippen LogP contribution in [0.2, 0.25) is 0 Å². The van der Waals surface area contributed by atoms with Gasteiger partial charge in [0.2, 0.25) is 5.91 Å². The van der Waals surface area contributed by atoms with Gasteiger partial charge in [-0.1, -0.05) is 0 Å². The van der Waals surface area contributed by atoms with Crippen molar-refractivity contribution in [2.75, 3.05) is 26.2 Å². The van der Waals surface area contributed by atoms with Gasteiger partial charge in [0, 0.05) is 6.54 Å². The first-order valence-corrected chi connectivity index (χ1v) is 5.62. The number of carbonyl (C=O) groups excluding carboxylic acids is 1. The van der Waals surface area contributed by atoms with Gasteiger partial charge in [0.15, 0.2) is 5.60 Å². The number of piperidine rings is 1. The van der Waals surface area contributed by atoms with Crippen molar-refractivity contribution in [3.8, 4) is 0 Å². The van der Waals surface area contributed by atoms with E-state index in [2.05, 4.69) is 5.32 Å². The van der Waals surface area contributed by atoms with E-state index < -0.39 is 24.9 Å². The van der Waals surface area contributed by atoms with E-state index in [1.54, 1.807) is 0 Å². The number of nitrogens with zero attached hydrogens (tertiary/aromatic N) is 1. The topological polar surface area (TPSA) is 52.6 Å². The number of carbonyl (C=O) groups is 1. The first-order chi connectivity index (χ1) is 7.83. The fourth-order valence-electron chi connectivity index (χ4n) is 2.24. The minimum absolute atomic E-state index is 0.249. The van der Waals surface area contributed by atoms with Crippen LogP contribution in [0.4, 0.5) is 13.2 Å². The Morgan fingerprint density at radius 2 is 2.06 bits per heavy atom. The molecule has 4 nitrogen and oxygen atoms in total. The van der Waals surface area contributed by atoms with Gasteiger partial charge in [-0.25, -0.2) is 0 Å². The van der Waals surface area contributed by atoms with E-state index in [1.807, 2.05) is 0 Å². The molecular formula is C10H15F3N2O2. The summed E-state index contributed by atoms with van der Waals surface area (Å²) in [6, 6.07) is 0. The van der Waals surface area contributed by atoms with Crippen molar-refractivity contribution in [2.24, 2.45) is 5.92 Å². The van der Waals surface area contributed by atoms with Gasteiger partial charge >= 0.3 is 6.18 Å². The molecule has 0 aliphatic carbocycles. The molecule has 0 radical (unpaired) electrons. The molecule has 1 atom stereocenters. The molecule has 0 aromatic carbocycles. The van der Waals surface area contributed by atoms with E-state index in [0.717, 1.165) is 17.9 Å².